The highest BCUT2D eigenvalue weighted by Gasteiger charge is 2.08. The topological polar surface area (TPSA) is 24.9 Å². The van der Waals surface area contributed by atoms with Crippen molar-refractivity contribution in [1.82, 2.24) is 10.3 Å². The number of hydrogen-bond donors (Lipinski definition) is 1. The molecule has 0 atom stereocenters. The van der Waals surface area contributed by atoms with E-state index >= 15 is 0 Å². The van der Waals surface area contributed by atoms with E-state index in [9.17, 15) is 0 Å². The summed E-state index contributed by atoms with van der Waals surface area (Å²) in [5.41, 5.74) is 2.57. The molecule has 1 N–H and O–H groups in total. The molecule has 0 saturated heterocycles. The van der Waals surface area contributed by atoms with E-state index in [1.165, 1.54) is 11.3 Å². The van der Waals surface area contributed by atoms with E-state index in [0.717, 1.165) is 24.1 Å². The van der Waals surface area contributed by atoms with E-state index < -0.39 is 0 Å². The van der Waals surface area contributed by atoms with Crippen LogP contribution in [0.2, 0.25) is 0 Å². The Balaban J connectivity index is 0.000000720. The third kappa shape index (κ3) is 2.06. The van der Waals surface area contributed by atoms with Gasteiger partial charge in [-0.2, -0.15) is 0 Å². The number of fused-ring (bicyclic) bond motifs is 1. The van der Waals surface area contributed by atoms with Gasteiger partial charge < -0.3 is 5.32 Å². The Morgan fingerprint density at radius 1 is 1.42 bits per heavy atom. The molecular formula is C8H10Br2N2. The van der Waals surface area contributed by atoms with Gasteiger partial charge in [0.2, 0.25) is 0 Å². The third-order valence-electron chi connectivity index (χ3n) is 1.89. The molecule has 1 aliphatic rings. The predicted molar refractivity (Wildman–Crippen MR) is 57.7 cm³/mol. The normalized spacial score (nSPS) is 14.8. The first kappa shape index (κ1) is 10.2. The van der Waals surface area contributed by atoms with Crippen LogP contribution in [0.15, 0.2) is 16.7 Å². The summed E-state index contributed by atoms with van der Waals surface area (Å²) in [6, 6.07) is 4.12. The lowest BCUT2D eigenvalue weighted by Gasteiger charge is -2.15. The van der Waals surface area contributed by atoms with Crippen molar-refractivity contribution < 1.29 is 0 Å². The summed E-state index contributed by atoms with van der Waals surface area (Å²) >= 11 is 3.36. The summed E-state index contributed by atoms with van der Waals surface area (Å²) in [5, 5.41) is 3.31. The Bertz CT molecular complexity index is 276. The smallest absolute Gasteiger partial charge is 0.106 e. The SMILES string of the molecule is Br.Brc1ccc2c(n1)CCNC2. The summed E-state index contributed by atoms with van der Waals surface area (Å²) in [4.78, 5) is 4.39. The van der Waals surface area contributed by atoms with Gasteiger partial charge in [0.05, 0.1) is 0 Å². The van der Waals surface area contributed by atoms with Crippen LogP contribution in [0.25, 0.3) is 0 Å². The Morgan fingerprint density at radius 3 is 3.08 bits per heavy atom. The van der Waals surface area contributed by atoms with E-state index in [4.69, 9.17) is 0 Å². The molecule has 0 aromatic carbocycles. The van der Waals surface area contributed by atoms with Gasteiger partial charge in [-0.1, -0.05) is 6.07 Å². The highest BCUT2D eigenvalue weighted by molar-refractivity contribution is 9.10. The summed E-state index contributed by atoms with van der Waals surface area (Å²) in [6.07, 6.45) is 1.05. The zero-order chi connectivity index (χ0) is 7.68. The molecule has 12 heavy (non-hydrogen) atoms. The molecule has 4 heteroatoms. The van der Waals surface area contributed by atoms with Crippen molar-refractivity contribution in [2.24, 2.45) is 0 Å². The van der Waals surface area contributed by atoms with Gasteiger partial charge in [0.25, 0.3) is 0 Å². The molecule has 0 bridgehead atoms. The van der Waals surface area contributed by atoms with Crippen LogP contribution in [-0.4, -0.2) is 11.5 Å². The zero-order valence-electron chi connectivity index (χ0n) is 6.51. The molecule has 0 radical (unpaired) electrons. The minimum absolute atomic E-state index is 0. The van der Waals surface area contributed by atoms with Crippen molar-refractivity contribution in [2.45, 2.75) is 13.0 Å². The molecule has 1 aromatic rings. The van der Waals surface area contributed by atoms with Crippen LogP contribution in [-0.2, 0) is 13.0 Å². The Kier molecular flexibility index (Phi) is 3.68. The maximum atomic E-state index is 4.39. The Morgan fingerprint density at radius 2 is 2.25 bits per heavy atom. The van der Waals surface area contributed by atoms with Crippen molar-refractivity contribution in [3.05, 3.63) is 28.0 Å². The summed E-state index contributed by atoms with van der Waals surface area (Å²) in [6.45, 7) is 2.02. The summed E-state index contributed by atoms with van der Waals surface area (Å²) in [5.74, 6) is 0. The molecule has 0 aliphatic carbocycles. The first-order chi connectivity index (χ1) is 5.36. The second-order valence-corrected chi connectivity index (χ2v) is 3.48. The maximum absolute atomic E-state index is 4.39. The molecule has 2 nitrogen and oxygen atoms in total. The molecule has 1 aliphatic heterocycles. The average molecular weight is 294 g/mol. The summed E-state index contributed by atoms with van der Waals surface area (Å²) < 4.78 is 0.943. The molecule has 0 saturated carbocycles. The van der Waals surface area contributed by atoms with Crippen molar-refractivity contribution in [3.63, 3.8) is 0 Å². The third-order valence-corrected chi connectivity index (χ3v) is 2.33. The molecule has 66 valence electrons. The van der Waals surface area contributed by atoms with Crippen LogP contribution in [0.4, 0.5) is 0 Å². The first-order valence-electron chi connectivity index (χ1n) is 3.71. The van der Waals surface area contributed by atoms with Crippen LogP contribution in [0.1, 0.15) is 11.3 Å². The fourth-order valence-electron chi connectivity index (χ4n) is 1.31. The van der Waals surface area contributed by atoms with Crippen molar-refractivity contribution in [2.75, 3.05) is 6.54 Å². The average Bonchev–Trinajstić information content (AvgIpc) is 2.04. The minimum Gasteiger partial charge on any atom is -0.312 e. The number of hydrogen-bond acceptors (Lipinski definition) is 2. The number of nitrogens with zero attached hydrogens (tertiary/aromatic N) is 1. The van der Waals surface area contributed by atoms with Gasteiger partial charge in [0.1, 0.15) is 4.60 Å². The van der Waals surface area contributed by atoms with Gasteiger partial charge in [-0.15, -0.1) is 17.0 Å². The maximum Gasteiger partial charge on any atom is 0.106 e. The van der Waals surface area contributed by atoms with Crippen LogP contribution in [0, 0.1) is 0 Å². The van der Waals surface area contributed by atoms with Crippen LogP contribution >= 0.6 is 32.9 Å². The van der Waals surface area contributed by atoms with Gasteiger partial charge in [0, 0.05) is 25.2 Å². The molecule has 0 spiro atoms. The van der Waals surface area contributed by atoms with E-state index in [0.29, 0.717) is 0 Å². The van der Waals surface area contributed by atoms with Crippen molar-refractivity contribution in [1.29, 1.82) is 0 Å². The highest BCUT2D eigenvalue weighted by Crippen LogP contribution is 2.14. The molecule has 2 rings (SSSR count). The lowest BCUT2D eigenvalue weighted by molar-refractivity contribution is 0.629. The monoisotopic (exact) mass is 292 g/mol. The number of rotatable bonds is 0. The van der Waals surface area contributed by atoms with Gasteiger partial charge in [-0.3, -0.25) is 0 Å². The highest BCUT2D eigenvalue weighted by atomic mass is 79.9. The van der Waals surface area contributed by atoms with Crippen molar-refractivity contribution in [3.8, 4) is 0 Å². The number of nitrogens with one attached hydrogen (secondary N) is 1. The number of aromatic nitrogens is 1. The van der Waals surface area contributed by atoms with Crippen LogP contribution in [0.3, 0.4) is 0 Å². The molecule has 0 unspecified atom stereocenters. The van der Waals surface area contributed by atoms with E-state index in [-0.39, 0.29) is 17.0 Å². The van der Waals surface area contributed by atoms with E-state index in [2.05, 4.69) is 32.3 Å². The standard InChI is InChI=1S/C8H9BrN2.BrH/c9-8-2-1-6-5-10-4-3-7(6)11-8;/h1-2,10H,3-5H2;1H. The Hall–Kier alpha value is 0.0700. The molecule has 1 aromatic heterocycles. The fourth-order valence-corrected chi connectivity index (χ4v) is 1.66. The largest absolute Gasteiger partial charge is 0.312 e. The quantitative estimate of drug-likeness (QED) is 0.741. The fraction of sp³-hybridized carbons (Fsp3) is 0.375. The first-order valence-corrected chi connectivity index (χ1v) is 4.50. The number of pyridine rings is 1. The molecule has 2 heterocycles. The van der Waals surface area contributed by atoms with Crippen LogP contribution in [0.5, 0.6) is 0 Å². The van der Waals surface area contributed by atoms with Gasteiger partial charge in [0.15, 0.2) is 0 Å². The zero-order valence-corrected chi connectivity index (χ0v) is 9.81. The van der Waals surface area contributed by atoms with E-state index in [1.54, 1.807) is 0 Å². The van der Waals surface area contributed by atoms with Gasteiger partial charge in [-0.05, 0) is 27.6 Å². The second-order valence-electron chi connectivity index (χ2n) is 2.67. The second kappa shape index (κ2) is 4.35. The predicted octanol–water partition coefficient (Wildman–Crippen LogP) is 2.07. The van der Waals surface area contributed by atoms with Gasteiger partial charge in [-0.25, -0.2) is 4.98 Å². The summed E-state index contributed by atoms with van der Waals surface area (Å²) in [7, 11) is 0. The molecule has 0 amide bonds. The lowest BCUT2D eigenvalue weighted by atomic mass is 10.1. The van der Waals surface area contributed by atoms with Crippen LogP contribution < -0.4 is 5.32 Å². The number of halogens is 2. The molecular weight excluding hydrogens is 284 g/mol. The Labute approximate surface area is 90.7 Å². The molecule has 0 fully saturated rings. The minimum atomic E-state index is 0. The van der Waals surface area contributed by atoms with E-state index in [1.807, 2.05) is 6.07 Å². The lowest BCUT2D eigenvalue weighted by Crippen LogP contribution is -2.24. The van der Waals surface area contributed by atoms with Gasteiger partial charge >= 0.3 is 0 Å². The van der Waals surface area contributed by atoms with Crippen molar-refractivity contribution >= 4 is 32.9 Å².